The van der Waals surface area contributed by atoms with Gasteiger partial charge in [-0.2, -0.15) is 0 Å². The van der Waals surface area contributed by atoms with Crippen LogP contribution in [-0.4, -0.2) is 91.6 Å². The van der Waals surface area contributed by atoms with Gasteiger partial charge in [-0.05, 0) is 36.8 Å². The average Bonchev–Trinajstić information content (AvgIpc) is 2.89. The van der Waals surface area contributed by atoms with Crippen LogP contribution < -0.4 is 10.1 Å². The molecule has 0 radical (unpaired) electrons. The summed E-state index contributed by atoms with van der Waals surface area (Å²) in [6, 6.07) is 17.2. The van der Waals surface area contributed by atoms with Gasteiger partial charge in [0.25, 0.3) is 0 Å². The van der Waals surface area contributed by atoms with Crippen LogP contribution in [0.15, 0.2) is 54.6 Å². The van der Waals surface area contributed by atoms with Crippen molar-refractivity contribution in [3.63, 3.8) is 0 Å². The predicted octanol–water partition coefficient (Wildman–Crippen LogP) is 2.07. The Labute approximate surface area is 201 Å². The molecule has 2 fully saturated rings. The Morgan fingerprint density at radius 2 is 1.62 bits per heavy atom. The molecule has 0 aliphatic carbocycles. The summed E-state index contributed by atoms with van der Waals surface area (Å²) < 4.78 is 11.2. The number of piperazine rings is 1. The molecule has 2 aromatic carbocycles. The third-order valence-corrected chi connectivity index (χ3v) is 6.43. The van der Waals surface area contributed by atoms with Gasteiger partial charge in [-0.3, -0.25) is 19.4 Å². The molecular formula is C26H34N4O4. The molecule has 0 spiro atoms. The lowest BCUT2D eigenvalue weighted by Crippen LogP contribution is -2.55. The standard InChI is InChI=1S/C26H34N4O4/c1-21(29-11-13-30(14-12-29)25(31)19-28-15-17-33-18-16-28)26(32)27-23-7-9-24(10-8-23)34-20-22-5-3-2-4-6-22/h2-10,21H,11-20H2,1H3,(H,27,32). The van der Waals surface area contributed by atoms with E-state index in [4.69, 9.17) is 9.47 Å². The van der Waals surface area contributed by atoms with E-state index in [2.05, 4.69) is 15.1 Å². The number of amides is 2. The normalized spacial score (nSPS) is 18.3. The summed E-state index contributed by atoms with van der Waals surface area (Å²) >= 11 is 0. The Kier molecular flexibility index (Phi) is 8.51. The molecule has 2 amide bonds. The topological polar surface area (TPSA) is 74.4 Å². The lowest BCUT2D eigenvalue weighted by Gasteiger charge is -2.38. The lowest BCUT2D eigenvalue weighted by molar-refractivity contribution is -0.135. The first kappa shape index (κ1) is 24.2. The fourth-order valence-corrected chi connectivity index (χ4v) is 4.20. The van der Waals surface area contributed by atoms with Crippen molar-refractivity contribution in [2.45, 2.75) is 19.6 Å². The van der Waals surface area contributed by atoms with E-state index in [-0.39, 0.29) is 17.9 Å². The summed E-state index contributed by atoms with van der Waals surface area (Å²) in [5.41, 5.74) is 1.85. The van der Waals surface area contributed by atoms with Gasteiger partial charge in [-0.25, -0.2) is 0 Å². The van der Waals surface area contributed by atoms with Crippen LogP contribution in [0, 0.1) is 0 Å². The Bertz CT molecular complexity index is 924. The molecule has 1 N–H and O–H groups in total. The molecule has 0 saturated carbocycles. The summed E-state index contributed by atoms with van der Waals surface area (Å²) in [7, 11) is 0. The first-order valence-corrected chi connectivity index (χ1v) is 12.0. The average molecular weight is 467 g/mol. The first-order chi connectivity index (χ1) is 16.6. The van der Waals surface area contributed by atoms with Crippen LogP contribution in [0.1, 0.15) is 12.5 Å². The highest BCUT2D eigenvalue weighted by atomic mass is 16.5. The second kappa shape index (κ2) is 12.0. The zero-order valence-corrected chi connectivity index (χ0v) is 19.8. The molecule has 0 bridgehead atoms. The summed E-state index contributed by atoms with van der Waals surface area (Å²) in [4.78, 5) is 31.6. The number of rotatable bonds is 8. The number of ether oxygens (including phenoxy) is 2. The van der Waals surface area contributed by atoms with Crippen molar-refractivity contribution in [2.75, 3.05) is 64.3 Å². The van der Waals surface area contributed by atoms with Gasteiger partial charge in [0, 0.05) is 45.0 Å². The van der Waals surface area contributed by atoms with Crippen molar-refractivity contribution < 1.29 is 19.1 Å². The molecule has 8 heteroatoms. The molecule has 0 aromatic heterocycles. The first-order valence-electron chi connectivity index (χ1n) is 12.0. The number of benzene rings is 2. The smallest absolute Gasteiger partial charge is 0.241 e. The Morgan fingerprint density at radius 1 is 0.941 bits per heavy atom. The van der Waals surface area contributed by atoms with E-state index in [9.17, 15) is 9.59 Å². The van der Waals surface area contributed by atoms with Gasteiger partial charge in [-0.1, -0.05) is 30.3 Å². The zero-order valence-electron chi connectivity index (χ0n) is 19.8. The molecule has 182 valence electrons. The van der Waals surface area contributed by atoms with Crippen LogP contribution in [0.5, 0.6) is 5.75 Å². The molecular weight excluding hydrogens is 432 g/mol. The SMILES string of the molecule is CC(C(=O)Nc1ccc(OCc2ccccc2)cc1)N1CCN(C(=O)CN2CCOCC2)CC1. The summed E-state index contributed by atoms with van der Waals surface area (Å²) in [5, 5.41) is 2.99. The third-order valence-electron chi connectivity index (χ3n) is 6.43. The minimum atomic E-state index is -0.273. The monoisotopic (exact) mass is 466 g/mol. The molecule has 2 saturated heterocycles. The largest absolute Gasteiger partial charge is 0.489 e. The van der Waals surface area contributed by atoms with E-state index in [1.54, 1.807) is 0 Å². The van der Waals surface area contributed by atoms with Crippen LogP contribution in [0.2, 0.25) is 0 Å². The highest BCUT2D eigenvalue weighted by Crippen LogP contribution is 2.18. The molecule has 1 atom stereocenters. The minimum absolute atomic E-state index is 0.0500. The van der Waals surface area contributed by atoms with E-state index < -0.39 is 0 Å². The summed E-state index contributed by atoms with van der Waals surface area (Å²) in [6.07, 6.45) is 0. The van der Waals surface area contributed by atoms with Gasteiger partial charge in [0.15, 0.2) is 0 Å². The number of carbonyl (C=O) groups is 2. The molecule has 8 nitrogen and oxygen atoms in total. The molecule has 2 aromatic rings. The number of hydrogen-bond donors (Lipinski definition) is 1. The van der Waals surface area contributed by atoms with Crippen molar-refractivity contribution in [3.8, 4) is 5.75 Å². The van der Waals surface area contributed by atoms with Gasteiger partial charge in [-0.15, -0.1) is 0 Å². The molecule has 2 heterocycles. The molecule has 1 unspecified atom stereocenters. The van der Waals surface area contributed by atoms with Gasteiger partial charge in [0.1, 0.15) is 12.4 Å². The number of nitrogens with zero attached hydrogens (tertiary/aromatic N) is 3. The second-order valence-corrected chi connectivity index (χ2v) is 8.77. The number of nitrogens with one attached hydrogen (secondary N) is 1. The zero-order chi connectivity index (χ0) is 23.8. The molecule has 34 heavy (non-hydrogen) atoms. The van der Waals surface area contributed by atoms with Crippen LogP contribution >= 0.6 is 0 Å². The molecule has 4 rings (SSSR count). The van der Waals surface area contributed by atoms with Crippen molar-refractivity contribution >= 4 is 17.5 Å². The van der Waals surface area contributed by atoms with Crippen LogP contribution in [0.25, 0.3) is 0 Å². The maximum Gasteiger partial charge on any atom is 0.241 e. The predicted molar refractivity (Wildman–Crippen MR) is 131 cm³/mol. The fourth-order valence-electron chi connectivity index (χ4n) is 4.20. The maximum atomic E-state index is 12.8. The fraction of sp³-hybridized carbons (Fsp3) is 0.462. The molecule has 2 aliphatic heterocycles. The van der Waals surface area contributed by atoms with Crippen molar-refractivity contribution in [2.24, 2.45) is 0 Å². The molecule has 2 aliphatic rings. The van der Waals surface area contributed by atoms with Crippen LogP contribution in [0.4, 0.5) is 5.69 Å². The maximum absolute atomic E-state index is 12.8. The van der Waals surface area contributed by atoms with Crippen LogP contribution in [-0.2, 0) is 20.9 Å². The number of morpholine rings is 1. The van der Waals surface area contributed by atoms with Crippen molar-refractivity contribution in [3.05, 3.63) is 60.2 Å². The van der Waals surface area contributed by atoms with Gasteiger partial charge >= 0.3 is 0 Å². The van der Waals surface area contributed by atoms with E-state index in [1.807, 2.05) is 66.4 Å². The Hall–Kier alpha value is -2.94. The van der Waals surface area contributed by atoms with Crippen molar-refractivity contribution in [1.82, 2.24) is 14.7 Å². The number of carbonyl (C=O) groups excluding carboxylic acids is 2. The lowest BCUT2D eigenvalue weighted by atomic mass is 10.2. The van der Waals surface area contributed by atoms with Crippen molar-refractivity contribution in [1.29, 1.82) is 0 Å². The third kappa shape index (κ3) is 6.79. The highest BCUT2D eigenvalue weighted by Gasteiger charge is 2.28. The number of anilines is 1. The van der Waals surface area contributed by atoms with E-state index in [0.717, 1.165) is 30.1 Å². The highest BCUT2D eigenvalue weighted by molar-refractivity contribution is 5.94. The van der Waals surface area contributed by atoms with Gasteiger partial charge in [0.05, 0.1) is 25.8 Å². The Morgan fingerprint density at radius 3 is 2.29 bits per heavy atom. The number of hydrogen-bond acceptors (Lipinski definition) is 6. The summed E-state index contributed by atoms with van der Waals surface area (Å²) in [5.74, 6) is 0.868. The van der Waals surface area contributed by atoms with E-state index in [1.165, 1.54) is 0 Å². The minimum Gasteiger partial charge on any atom is -0.489 e. The quantitative estimate of drug-likeness (QED) is 0.642. The second-order valence-electron chi connectivity index (χ2n) is 8.77. The van der Waals surface area contributed by atoms with Gasteiger partial charge in [0.2, 0.25) is 11.8 Å². The van der Waals surface area contributed by atoms with E-state index >= 15 is 0 Å². The van der Waals surface area contributed by atoms with Gasteiger partial charge < -0.3 is 19.7 Å². The van der Waals surface area contributed by atoms with Crippen LogP contribution in [0.3, 0.4) is 0 Å². The Balaban J connectivity index is 1.19. The summed E-state index contributed by atoms with van der Waals surface area (Å²) in [6.45, 7) is 8.54. The van der Waals surface area contributed by atoms with E-state index in [0.29, 0.717) is 52.5 Å².